The van der Waals surface area contributed by atoms with Crippen molar-refractivity contribution in [3.8, 4) is 0 Å². The second-order valence-electron chi connectivity index (χ2n) is 5.96. The topological polar surface area (TPSA) is 52.6 Å². The first-order valence-corrected chi connectivity index (χ1v) is 7.71. The molecule has 0 aromatic rings. The minimum atomic E-state index is -0.180. The molecule has 0 aromatic heterocycles. The standard InChI is InChI=1S/C16H30O4/c1-6-14(13(4)5)20-16(18)10-8-7-9-15(17)19-11-12(2)3/h12-14H,6-11H2,1-5H3. The summed E-state index contributed by atoms with van der Waals surface area (Å²) in [5.74, 6) is 0.354. The van der Waals surface area contributed by atoms with Crippen LogP contribution in [-0.4, -0.2) is 24.6 Å². The van der Waals surface area contributed by atoms with Crippen molar-refractivity contribution in [1.29, 1.82) is 0 Å². The van der Waals surface area contributed by atoms with E-state index < -0.39 is 0 Å². The van der Waals surface area contributed by atoms with Gasteiger partial charge in [0.2, 0.25) is 0 Å². The van der Waals surface area contributed by atoms with Crippen molar-refractivity contribution in [3.63, 3.8) is 0 Å². The number of rotatable bonds is 10. The van der Waals surface area contributed by atoms with Crippen molar-refractivity contribution in [2.45, 2.75) is 72.8 Å². The van der Waals surface area contributed by atoms with E-state index in [1.165, 1.54) is 0 Å². The molecular weight excluding hydrogens is 256 g/mol. The number of unbranched alkanes of at least 4 members (excludes halogenated alkanes) is 1. The summed E-state index contributed by atoms with van der Waals surface area (Å²) in [7, 11) is 0. The Morgan fingerprint density at radius 1 is 0.950 bits per heavy atom. The van der Waals surface area contributed by atoms with Gasteiger partial charge in [-0.15, -0.1) is 0 Å². The van der Waals surface area contributed by atoms with Gasteiger partial charge in [-0.1, -0.05) is 34.6 Å². The highest BCUT2D eigenvalue weighted by Gasteiger charge is 2.16. The van der Waals surface area contributed by atoms with Crippen LogP contribution in [0.2, 0.25) is 0 Å². The van der Waals surface area contributed by atoms with Crippen LogP contribution in [0.1, 0.15) is 66.7 Å². The third-order valence-corrected chi connectivity index (χ3v) is 3.02. The molecule has 118 valence electrons. The lowest BCUT2D eigenvalue weighted by Gasteiger charge is -2.19. The van der Waals surface area contributed by atoms with Crippen molar-refractivity contribution in [2.75, 3.05) is 6.61 Å². The molecule has 0 aliphatic rings. The van der Waals surface area contributed by atoms with Crippen LogP contribution < -0.4 is 0 Å². The van der Waals surface area contributed by atoms with Gasteiger partial charge in [0.1, 0.15) is 6.10 Å². The third kappa shape index (κ3) is 9.82. The molecule has 1 unspecified atom stereocenters. The highest BCUT2D eigenvalue weighted by Crippen LogP contribution is 2.12. The molecule has 1 atom stereocenters. The maximum absolute atomic E-state index is 11.6. The van der Waals surface area contributed by atoms with Crippen LogP contribution in [0.25, 0.3) is 0 Å². The Hall–Kier alpha value is -1.06. The first-order valence-electron chi connectivity index (χ1n) is 7.71. The summed E-state index contributed by atoms with van der Waals surface area (Å²) in [4.78, 5) is 23.0. The van der Waals surface area contributed by atoms with Gasteiger partial charge in [0.25, 0.3) is 0 Å². The van der Waals surface area contributed by atoms with E-state index in [1.807, 2.05) is 34.6 Å². The average molecular weight is 286 g/mol. The van der Waals surface area contributed by atoms with Gasteiger partial charge in [-0.25, -0.2) is 0 Å². The van der Waals surface area contributed by atoms with Crippen molar-refractivity contribution in [1.82, 2.24) is 0 Å². The van der Waals surface area contributed by atoms with Gasteiger partial charge in [-0.3, -0.25) is 9.59 Å². The fourth-order valence-electron chi connectivity index (χ4n) is 1.79. The Bertz CT molecular complexity index is 284. The largest absolute Gasteiger partial charge is 0.465 e. The van der Waals surface area contributed by atoms with Crippen LogP contribution in [0.3, 0.4) is 0 Å². The van der Waals surface area contributed by atoms with E-state index in [-0.39, 0.29) is 18.0 Å². The zero-order valence-electron chi connectivity index (χ0n) is 13.6. The first-order chi connectivity index (χ1) is 9.36. The van der Waals surface area contributed by atoms with E-state index in [1.54, 1.807) is 0 Å². The van der Waals surface area contributed by atoms with E-state index in [0.29, 0.717) is 44.1 Å². The van der Waals surface area contributed by atoms with E-state index in [4.69, 9.17) is 9.47 Å². The summed E-state index contributed by atoms with van der Waals surface area (Å²) in [6.07, 6.45) is 2.93. The van der Waals surface area contributed by atoms with Gasteiger partial charge in [-0.05, 0) is 31.1 Å². The molecule has 4 heteroatoms. The molecule has 0 spiro atoms. The summed E-state index contributed by atoms with van der Waals surface area (Å²) in [5, 5.41) is 0. The molecule has 4 nitrogen and oxygen atoms in total. The fourth-order valence-corrected chi connectivity index (χ4v) is 1.79. The Morgan fingerprint density at radius 2 is 1.50 bits per heavy atom. The highest BCUT2D eigenvalue weighted by atomic mass is 16.5. The van der Waals surface area contributed by atoms with E-state index in [0.717, 1.165) is 6.42 Å². The number of hydrogen-bond donors (Lipinski definition) is 0. The Labute approximate surface area is 123 Å². The van der Waals surface area contributed by atoms with Crippen LogP contribution in [-0.2, 0) is 19.1 Å². The molecule has 0 saturated heterocycles. The SMILES string of the molecule is CCC(OC(=O)CCCCC(=O)OCC(C)C)C(C)C. The van der Waals surface area contributed by atoms with Crippen molar-refractivity contribution >= 4 is 11.9 Å². The van der Waals surface area contributed by atoms with Crippen molar-refractivity contribution in [2.24, 2.45) is 11.8 Å². The molecule has 0 fully saturated rings. The summed E-state index contributed by atoms with van der Waals surface area (Å²) >= 11 is 0. The number of esters is 2. The second-order valence-corrected chi connectivity index (χ2v) is 5.96. The number of ether oxygens (including phenoxy) is 2. The molecule has 0 amide bonds. The molecule has 0 aliphatic carbocycles. The van der Waals surface area contributed by atoms with E-state index in [2.05, 4.69) is 0 Å². The van der Waals surface area contributed by atoms with Gasteiger partial charge < -0.3 is 9.47 Å². The maximum Gasteiger partial charge on any atom is 0.306 e. The minimum absolute atomic E-state index is 0.00138. The first kappa shape index (κ1) is 18.9. The zero-order valence-corrected chi connectivity index (χ0v) is 13.6. The van der Waals surface area contributed by atoms with Crippen molar-refractivity contribution in [3.05, 3.63) is 0 Å². The quantitative estimate of drug-likeness (QED) is 0.453. The third-order valence-electron chi connectivity index (χ3n) is 3.02. The van der Waals surface area contributed by atoms with Crippen LogP contribution >= 0.6 is 0 Å². The van der Waals surface area contributed by atoms with Gasteiger partial charge in [0, 0.05) is 12.8 Å². The Balaban J connectivity index is 3.69. The van der Waals surface area contributed by atoms with Crippen LogP contribution in [0.4, 0.5) is 0 Å². The maximum atomic E-state index is 11.6. The van der Waals surface area contributed by atoms with Crippen LogP contribution in [0.15, 0.2) is 0 Å². The van der Waals surface area contributed by atoms with Gasteiger partial charge in [0.05, 0.1) is 6.61 Å². The molecule has 0 aliphatic heterocycles. The molecule has 0 rings (SSSR count). The van der Waals surface area contributed by atoms with Gasteiger partial charge >= 0.3 is 11.9 Å². The summed E-state index contributed by atoms with van der Waals surface area (Å²) in [6.45, 7) is 10.6. The number of carbonyl (C=O) groups is 2. The number of hydrogen-bond acceptors (Lipinski definition) is 4. The van der Waals surface area contributed by atoms with Crippen LogP contribution in [0.5, 0.6) is 0 Å². The fraction of sp³-hybridized carbons (Fsp3) is 0.875. The molecule has 0 aromatic carbocycles. The molecule has 0 bridgehead atoms. The van der Waals surface area contributed by atoms with E-state index >= 15 is 0 Å². The molecule has 0 heterocycles. The predicted octanol–water partition coefficient (Wildman–Crippen LogP) is 3.72. The highest BCUT2D eigenvalue weighted by molar-refractivity contribution is 5.70. The second kappa shape index (κ2) is 10.7. The summed E-state index contributed by atoms with van der Waals surface area (Å²) < 4.78 is 10.5. The zero-order chi connectivity index (χ0) is 15.5. The molecule has 0 radical (unpaired) electrons. The van der Waals surface area contributed by atoms with Crippen LogP contribution in [0, 0.1) is 11.8 Å². The lowest BCUT2D eigenvalue weighted by atomic mass is 10.1. The molecule has 0 N–H and O–H groups in total. The summed E-state index contributed by atoms with van der Waals surface area (Å²) in [5.41, 5.74) is 0. The Kier molecular flexibility index (Phi) is 10.1. The van der Waals surface area contributed by atoms with E-state index in [9.17, 15) is 9.59 Å². The van der Waals surface area contributed by atoms with Crippen molar-refractivity contribution < 1.29 is 19.1 Å². The Morgan fingerprint density at radius 3 is 1.95 bits per heavy atom. The lowest BCUT2D eigenvalue weighted by molar-refractivity contribution is -0.152. The summed E-state index contributed by atoms with van der Waals surface area (Å²) in [6, 6.07) is 0. The molecular formula is C16H30O4. The van der Waals surface area contributed by atoms with Gasteiger partial charge in [0.15, 0.2) is 0 Å². The smallest absolute Gasteiger partial charge is 0.306 e. The molecule has 0 saturated carbocycles. The predicted molar refractivity (Wildman–Crippen MR) is 79.3 cm³/mol. The molecule has 20 heavy (non-hydrogen) atoms. The minimum Gasteiger partial charge on any atom is -0.465 e. The lowest BCUT2D eigenvalue weighted by Crippen LogP contribution is -2.22. The van der Waals surface area contributed by atoms with Gasteiger partial charge in [-0.2, -0.15) is 0 Å². The monoisotopic (exact) mass is 286 g/mol. The number of carbonyl (C=O) groups excluding carboxylic acids is 2. The normalized spacial score (nSPS) is 12.6. The average Bonchev–Trinajstić information content (AvgIpc) is 2.38.